The number of carbonyl (C=O) groups excluding carboxylic acids is 1. The van der Waals surface area contributed by atoms with Gasteiger partial charge in [0.1, 0.15) is 10.7 Å². The third-order valence-electron chi connectivity index (χ3n) is 2.62. The predicted octanol–water partition coefficient (Wildman–Crippen LogP) is 0.0717. The predicted molar refractivity (Wildman–Crippen MR) is 56.3 cm³/mol. The molecule has 16 heavy (non-hydrogen) atoms. The summed E-state index contributed by atoms with van der Waals surface area (Å²) in [6, 6.07) is 0. The lowest BCUT2D eigenvalue weighted by Crippen LogP contribution is -2.40. The van der Waals surface area contributed by atoms with Gasteiger partial charge in [0.05, 0.1) is 18.4 Å². The molecule has 2 rings (SSSR count). The molecule has 0 spiro atoms. The van der Waals surface area contributed by atoms with Gasteiger partial charge in [-0.05, 0) is 13.3 Å². The van der Waals surface area contributed by atoms with Gasteiger partial charge in [-0.3, -0.25) is 9.89 Å². The highest BCUT2D eigenvalue weighted by Crippen LogP contribution is 2.20. The van der Waals surface area contributed by atoms with E-state index in [1.54, 1.807) is 6.92 Å². The number of piperidine rings is 1. The summed E-state index contributed by atoms with van der Waals surface area (Å²) in [7, 11) is -3.56. The minimum absolute atomic E-state index is 0.0209. The van der Waals surface area contributed by atoms with Crippen LogP contribution in [0.25, 0.3) is 0 Å². The summed E-state index contributed by atoms with van der Waals surface area (Å²) >= 11 is 0. The van der Waals surface area contributed by atoms with Crippen LogP contribution in [0.4, 0.5) is 0 Å². The number of sulfonamides is 1. The van der Waals surface area contributed by atoms with E-state index in [4.69, 9.17) is 0 Å². The van der Waals surface area contributed by atoms with E-state index in [9.17, 15) is 13.2 Å². The van der Waals surface area contributed by atoms with Gasteiger partial charge < -0.3 is 0 Å². The topological polar surface area (TPSA) is 83.1 Å². The molecule has 1 saturated heterocycles. The van der Waals surface area contributed by atoms with Crippen LogP contribution in [0, 0.1) is 6.92 Å². The number of aromatic nitrogens is 2. The Morgan fingerprint density at radius 2 is 2.25 bits per heavy atom. The summed E-state index contributed by atoms with van der Waals surface area (Å²) in [4.78, 5) is 11.4. The maximum absolute atomic E-state index is 12.1. The molecule has 0 bridgehead atoms. The molecule has 88 valence electrons. The van der Waals surface area contributed by atoms with Crippen LogP contribution in [0.1, 0.15) is 18.5 Å². The Morgan fingerprint density at radius 3 is 2.81 bits per heavy atom. The van der Waals surface area contributed by atoms with Crippen LogP contribution in [0.15, 0.2) is 11.1 Å². The van der Waals surface area contributed by atoms with E-state index in [2.05, 4.69) is 10.2 Å². The molecule has 0 radical (unpaired) electrons. The molecule has 0 aromatic carbocycles. The fourth-order valence-corrected chi connectivity index (χ4v) is 3.33. The Morgan fingerprint density at radius 1 is 1.50 bits per heavy atom. The minimum Gasteiger partial charge on any atom is -0.298 e. The van der Waals surface area contributed by atoms with Crippen LogP contribution < -0.4 is 0 Å². The van der Waals surface area contributed by atoms with Crippen LogP contribution in [-0.4, -0.2) is 41.8 Å². The quantitative estimate of drug-likeness (QED) is 0.796. The molecule has 1 aromatic rings. The highest BCUT2D eigenvalue weighted by Gasteiger charge is 2.30. The molecule has 7 heteroatoms. The second-order valence-electron chi connectivity index (χ2n) is 3.84. The molecule has 0 aliphatic carbocycles. The van der Waals surface area contributed by atoms with Crippen LogP contribution in [0.3, 0.4) is 0 Å². The van der Waals surface area contributed by atoms with Crippen LogP contribution in [-0.2, 0) is 14.8 Å². The summed E-state index contributed by atoms with van der Waals surface area (Å²) in [5.74, 6) is -0.0315. The van der Waals surface area contributed by atoms with Gasteiger partial charge in [0.25, 0.3) is 0 Å². The van der Waals surface area contributed by atoms with Gasteiger partial charge in [-0.15, -0.1) is 0 Å². The largest absolute Gasteiger partial charge is 0.298 e. The summed E-state index contributed by atoms with van der Waals surface area (Å²) in [6.45, 7) is 2.03. The summed E-state index contributed by atoms with van der Waals surface area (Å²) in [6.07, 6.45) is 2.34. The highest BCUT2D eigenvalue weighted by atomic mass is 32.2. The smallest absolute Gasteiger partial charge is 0.246 e. The molecule has 1 aliphatic heterocycles. The monoisotopic (exact) mass is 243 g/mol. The molecule has 0 saturated carbocycles. The van der Waals surface area contributed by atoms with Gasteiger partial charge in [-0.25, -0.2) is 8.42 Å². The van der Waals surface area contributed by atoms with Crippen LogP contribution in [0.5, 0.6) is 0 Å². The summed E-state index contributed by atoms with van der Waals surface area (Å²) < 4.78 is 25.5. The number of aromatic amines is 1. The Labute approximate surface area is 93.7 Å². The molecular formula is C9H13N3O3S. The first-order chi connectivity index (χ1) is 7.51. The first-order valence-corrected chi connectivity index (χ1v) is 6.47. The number of hydrogen-bond donors (Lipinski definition) is 1. The van der Waals surface area contributed by atoms with Gasteiger partial charge in [0.15, 0.2) is 0 Å². The Bertz CT molecular complexity index is 506. The average Bonchev–Trinajstić information content (AvgIpc) is 2.65. The number of nitrogens with one attached hydrogen (secondary N) is 1. The number of rotatable bonds is 2. The first kappa shape index (κ1) is 11.3. The normalized spacial score (nSPS) is 18.9. The second-order valence-corrected chi connectivity index (χ2v) is 5.75. The van der Waals surface area contributed by atoms with Crippen LogP contribution >= 0.6 is 0 Å². The molecule has 1 aromatic heterocycles. The zero-order chi connectivity index (χ0) is 11.8. The molecule has 0 amide bonds. The third kappa shape index (κ3) is 1.88. The minimum atomic E-state index is -3.56. The van der Waals surface area contributed by atoms with Crippen molar-refractivity contribution in [1.82, 2.24) is 14.5 Å². The van der Waals surface area contributed by atoms with Gasteiger partial charge in [-0.2, -0.15) is 9.40 Å². The molecule has 2 heterocycles. The Hall–Kier alpha value is -1.21. The lowest BCUT2D eigenvalue weighted by molar-refractivity contribution is -0.120. The highest BCUT2D eigenvalue weighted by molar-refractivity contribution is 7.89. The lowest BCUT2D eigenvalue weighted by Gasteiger charge is -2.24. The number of hydrogen-bond acceptors (Lipinski definition) is 4. The van der Waals surface area contributed by atoms with Gasteiger partial charge in [0.2, 0.25) is 10.0 Å². The van der Waals surface area contributed by atoms with E-state index < -0.39 is 10.0 Å². The van der Waals surface area contributed by atoms with E-state index in [0.29, 0.717) is 25.1 Å². The maximum Gasteiger partial charge on any atom is 0.246 e. The zero-order valence-electron chi connectivity index (χ0n) is 8.93. The van der Waals surface area contributed by atoms with Crippen molar-refractivity contribution >= 4 is 15.8 Å². The Balaban J connectivity index is 2.32. The molecule has 0 atom stereocenters. The molecule has 0 unspecified atom stereocenters. The van der Waals surface area contributed by atoms with Crippen molar-refractivity contribution in [2.45, 2.75) is 24.7 Å². The van der Waals surface area contributed by atoms with Crippen molar-refractivity contribution in [3.05, 3.63) is 11.9 Å². The standard InChI is InChI=1S/C9H13N3O3S/c1-7-9(5-10-11-7)16(14,15)12-4-2-3-8(13)6-12/h5H,2-4,6H2,1H3,(H,10,11). The number of H-pyrrole nitrogens is 1. The molecule has 1 fully saturated rings. The molecule has 1 N–H and O–H groups in total. The SMILES string of the molecule is Cc1[nH]ncc1S(=O)(=O)N1CCCC(=O)C1. The van der Waals surface area contributed by atoms with Crippen molar-refractivity contribution in [1.29, 1.82) is 0 Å². The van der Waals surface area contributed by atoms with E-state index in [-0.39, 0.29) is 17.2 Å². The summed E-state index contributed by atoms with van der Waals surface area (Å²) in [5.41, 5.74) is 0.498. The number of ketones is 1. The van der Waals surface area contributed by atoms with Crippen molar-refractivity contribution in [3.8, 4) is 0 Å². The fourth-order valence-electron chi connectivity index (χ4n) is 1.75. The average molecular weight is 243 g/mol. The van der Waals surface area contributed by atoms with Crippen molar-refractivity contribution in [3.63, 3.8) is 0 Å². The van der Waals surface area contributed by atoms with E-state index >= 15 is 0 Å². The molecule has 6 nitrogen and oxygen atoms in total. The van der Waals surface area contributed by atoms with E-state index in [1.807, 2.05) is 0 Å². The lowest BCUT2D eigenvalue weighted by atomic mass is 10.1. The molecule has 1 aliphatic rings. The first-order valence-electron chi connectivity index (χ1n) is 5.03. The van der Waals surface area contributed by atoms with Gasteiger partial charge >= 0.3 is 0 Å². The maximum atomic E-state index is 12.1. The van der Waals surface area contributed by atoms with Crippen molar-refractivity contribution < 1.29 is 13.2 Å². The second kappa shape index (κ2) is 3.99. The molecular weight excluding hydrogens is 230 g/mol. The van der Waals surface area contributed by atoms with Gasteiger partial charge in [0, 0.05) is 13.0 Å². The Kier molecular flexibility index (Phi) is 2.81. The van der Waals surface area contributed by atoms with Crippen LogP contribution in [0.2, 0.25) is 0 Å². The van der Waals surface area contributed by atoms with Crippen molar-refractivity contribution in [2.24, 2.45) is 0 Å². The third-order valence-corrected chi connectivity index (χ3v) is 4.58. The van der Waals surface area contributed by atoms with Gasteiger partial charge in [-0.1, -0.05) is 0 Å². The number of carbonyl (C=O) groups is 1. The number of nitrogens with zero attached hydrogens (tertiary/aromatic N) is 2. The zero-order valence-corrected chi connectivity index (χ0v) is 9.75. The van der Waals surface area contributed by atoms with Crippen molar-refractivity contribution in [2.75, 3.05) is 13.1 Å². The van der Waals surface area contributed by atoms with E-state index in [0.717, 1.165) is 0 Å². The number of aryl methyl sites for hydroxylation is 1. The fraction of sp³-hybridized carbons (Fsp3) is 0.556. The van der Waals surface area contributed by atoms with E-state index in [1.165, 1.54) is 10.5 Å². The number of Topliss-reactive ketones (excluding diaryl/α,β-unsaturated/α-hetero) is 1. The summed E-state index contributed by atoms with van der Waals surface area (Å²) in [5, 5.41) is 6.27.